The third-order valence-electron chi connectivity index (χ3n) is 4.91. The molecule has 0 saturated heterocycles. The summed E-state index contributed by atoms with van der Waals surface area (Å²) < 4.78 is 19.0. The third kappa shape index (κ3) is 3.54. The molecule has 0 radical (unpaired) electrons. The van der Waals surface area contributed by atoms with E-state index < -0.39 is 6.10 Å². The van der Waals surface area contributed by atoms with Crippen LogP contribution in [-0.4, -0.2) is 28.3 Å². The second-order valence-corrected chi connectivity index (χ2v) is 6.68. The molecule has 3 aromatic rings. The van der Waals surface area contributed by atoms with Gasteiger partial charge < -0.3 is 9.63 Å². The van der Waals surface area contributed by atoms with E-state index in [2.05, 4.69) is 10.1 Å². The summed E-state index contributed by atoms with van der Waals surface area (Å²) in [5, 5.41) is 14.5. The van der Waals surface area contributed by atoms with Gasteiger partial charge in [0.25, 0.3) is 0 Å². The lowest BCUT2D eigenvalue weighted by atomic mass is 10.0. The number of aromatic nitrogens is 1. The van der Waals surface area contributed by atoms with Crippen molar-refractivity contribution < 1.29 is 14.0 Å². The molecule has 0 fully saturated rings. The average molecular weight is 352 g/mol. The molecule has 1 N–H and O–H groups in total. The SMILES string of the molecule is O[C@@H](CCN1CCc2onc(-c3cccc(F)c3)c2C1)c1ccccc1. The van der Waals surface area contributed by atoms with Crippen LogP contribution >= 0.6 is 0 Å². The van der Waals surface area contributed by atoms with Gasteiger partial charge in [0.15, 0.2) is 0 Å². The second-order valence-electron chi connectivity index (χ2n) is 6.68. The zero-order valence-electron chi connectivity index (χ0n) is 14.4. The van der Waals surface area contributed by atoms with Gasteiger partial charge in [-0.25, -0.2) is 4.39 Å². The molecule has 4 nitrogen and oxygen atoms in total. The fourth-order valence-electron chi connectivity index (χ4n) is 3.47. The Bertz CT molecular complexity index is 879. The summed E-state index contributed by atoms with van der Waals surface area (Å²) in [5.41, 5.74) is 3.42. The lowest BCUT2D eigenvalue weighted by molar-refractivity contribution is 0.135. The molecule has 0 amide bonds. The normalized spacial score (nSPS) is 15.6. The van der Waals surface area contributed by atoms with E-state index in [0.717, 1.165) is 42.0 Å². The predicted octanol–water partition coefficient (Wildman–Crippen LogP) is 3.96. The first-order valence-electron chi connectivity index (χ1n) is 8.89. The quantitative estimate of drug-likeness (QED) is 0.755. The number of aliphatic hydroxyl groups is 1. The van der Waals surface area contributed by atoms with E-state index in [4.69, 9.17) is 4.52 Å². The largest absolute Gasteiger partial charge is 0.388 e. The van der Waals surface area contributed by atoms with Crippen LogP contribution in [0.15, 0.2) is 59.1 Å². The lowest BCUT2D eigenvalue weighted by Crippen LogP contribution is -2.31. The van der Waals surface area contributed by atoms with Crippen LogP contribution in [0.3, 0.4) is 0 Å². The van der Waals surface area contributed by atoms with Crippen molar-refractivity contribution in [3.63, 3.8) is 0 Å². The van der Waals surface area contributed by atoms with Crippen molar-refractivity contribution in [3.8, 4) is 11.3 Å². The van der Waals surface area contributed by atoms with E-state index in [1.807, 2.05) is 36.4 Å². The molecular formula is C21H21FN2O2. The van der Waals surface area contributed by atoms with Crippen LogP contribution in [0.1, 0.15) is 29.4 Å². The molecule has 0 spiro atoms. The number of aliphatic hydroxyl groups excluding tert-OH is 1. The minimum absolute atomic E-state index is 0.280. The summed E-state index contributed by atoms with van der Waals surface area (Å²) in [5.74, 6) is 0.599. The maximum atomic E-state index is 13.5. The smallest absolute Gasteiger partial charge is 0.143 e. The van der Waals surface area contributed by atoms with Crippen molar-refractivity contribution in [1.29, 1.82) is 0 Å². The molecule has 2 heterocycles. The number of halogens is 1. The number of nitrogens with zero attached hydrogens (tertiary/aromatic N) is 2. The van der Waals surface area contributed by atoms with Crippen LogP contribution in [-0.2, 0) is 13.0 Å². The van der Waals surface area contributed by atoms with E-state index in [9.17, 15) is 9.50 Å². The molecule has 0 saturated carbocycles. The minimum atomic E-state index is -0.470. The maximum Gasteiger partial charge on any atom is 0.143 e. The van der Waals surface area contributed by atoms with Crippen LogP contribution in [0.2, 0.25) is 0 Å². The van der Waals surface area contributed by atoms with Crippen molar-refractivity contribution in [2.45, 2.75) is 25.5 Å². The van der Waals surface area contributed by atoms with Gasteiger partial charge in [-0.2, -0.15) is 0 Å². The zero-order chi connectivity index (χ0) is 17.9. The Morgan fingerprint density at radius 2 is 2.00 bits per heavy atom. The molecular weight excluding hydrogens is 331 g/mol. The number of fused-ring (bicyclic) bond motifs is 1. The van der Waals surface area contributed by atoms with E-state index in [1.54, 1.807) is 6.07 Å². The van der Waals surface area contributed by atoms with Gasteiger partial charge in [-0.1, -0.05) is 47.6 Å². The fourth-order valence-corrected chi connectivity index (χ4v) is 3.47. The van der Waals surface area contributed by atoms with Crippen LogP contribution in [0.4, 0.5) is 4.39 Å². The summed E-state index contributed by atoms with van der Waals surface area (Å²) in [4.78, 5) is 2.29. The van der Waals surface area contributed by atoms with Gasteiger partial charge >= 0.3 is 0 Å². The Balaban J connectivity index is 1.45. The number of rotatable bonds is 5. The molecule has 0 bridgehead atoms. The highest BCUT2D eigenvalue weighted by molar-refractivity contribution is 5.63. The minimum Gasteiger partial charge on any atom is -0.388 e. The standard InChI is InChI=1S/C21H21FN2O2/c22-17-8-4-7-16(13-17)21-18-14-24(12-10-20(18)26-23-21)11-9-19(25)15-5-2-1-3-6-15/h1-8,13,19,25H,9-12,14H2/t19-/m0/s1. The topological polar surface area (TPSA) is 49.5 Å². The van der Waals surface area contributed by atoms with Gasteiger partial charge in [0, 0.05) is 37.2 Å². The molecule has 0 aliphatic carbocycles. The molecule has 0 unspecified atom stereocenters. The van der Waals surface area contributed by atoms with Gasteiger partial charge in [-0.15, -0.1) is 0 Å². The molecule has 1 aliphatic rings. The van der Waals surface area contributed by atoms with Gasteiger partial charge in [0.05, 0.1) is 6.10 Å². The lowest BCUT2D eigenvalue weighted by Gasteiger charge is -2.27. The first-order valence-corrected chi connectivity index (χ1v) is 8.89. The van der Waals surface area contributed by atoms with Crippen LogP contribution in [0.5, 0.6) is 0 Å². The molecule has 1 aromatic heterocycles. The van der Waals surface area contributed by atoms with Crippen LogP contribution in [0.25, 0.3) is 11.3 Å². The molecule has 134 valence electrons. The molecule has 1 atom stereocenters. The van der Waals surface area contributed by atoms with E-state index in [0.29, 0.717) is 18.7 Å². The highest BCUT2D eigenvalue weighted by atomic mass is 19.1. The first-order chi connectivity index (χ1) is 12.7. The van der Waals surface area contributed by atoms with Crippen LogP contribution in [0, 0.1) is 5.82 Å². The van der Waals surface area contributed by atoms with E-state index in [1.165, 1.54) is 12.1 Å². The summed E-state index contributed by atoms with van der Waals surface area (Å²) >= 11 is 0. The Morgan fingerprint density at radius 1 is 1.15 bits per heavy atom. The summed E-state index contributed by atoms with van der Waals surface area (Å²) in [6, 6.07) is 16.2. The highest BCUT2D eigenvalue weighted by Gasteiger charge is 2.25. The van der Waals surface area contributed by atoms with E-state index in [-0.39, 0.29) is 5.82 Å². The van der Waals surface area contributed by atoms with Crippen molar-refractivity contribution in [2.24, 2.45) is 0 Å². The van der Waals surface area contributed by atoms with Crippen molar-refractivity contribution in [2.75, 3.05) is 13.1 Å². The summed E-state index contributed by atoms with van der Waals surface area (Å²) in [7, 11) is 0. The molecule has 26 heavy (non-hydrogen) atoms. The Morgan fingerprint density at radius 3 is 2.81 bits per heavy atom. The van der Waals surface area contributed by atoms with Crippen molar-refractivity contribution >= 4 is 0 Å². The van der Waals surface area contributed by atoms with Gasteiger partial charge in [0.2, 0.25) is 0 Å². The molecule has 1 aliphatic heterocycles. The maximum absolute atomic E-state index is 13.5. The Kier molecular flexibility index (Phi) is 4.82. The second kappa shape index (κ2) is 7.40. The summed E-state index contributed by atoms with van der Waals surface area (Å²) in [6.07, 6.45) is 0.974. The number of hydrogen-bond acceptors (Lipinski definition) is 4. The Labute approximate surface area is 151 Å². The van der Waals surface area contributed by atoms with Crippen molar-refractivity contribution in [1.82, 2.24) is 10.1 Å². The molecule has 2 aromatic carbocycles. The first kappa shape index (κ1) is 16.9. The average Bonchev–Trinajstić information content (AvgIpc) is 3.10. The van der Waals surface area contributed by atoms with Gasteiger partial charge in [-0.3, -0.25) is 4.90 Å². The molecule has 5 heteroatoms. The van der Waals surface area contributed by atoms with Gasteiger partial charge in [0.1, 0.15) is 17.3 Å². The number of benzene rings is 2. The monoisotopic (exact) mass is 352 g/mol. The summed E-state index contributed by atoms with van der Waals surface area (Å²) in [6.45, 7) is 2.35. The zero-order valence-corrected chi connectivity index (χ0v) is 14.4. The third-order valence-corrected chi connectivity index (χ3v) is 4.91. The van der Waals surface area contributed by atoms with E-state index >= 15 is 0 Å². The highest BCUT2D eigenvalue weighted by Crippen LogP contribution is 2.30. The molecule has 4 rings (SSSR count). The number of hydrogen-bond donors (Lipinski definition) is 1. The predicted molar refractivity (Wildman–Crippen MR) is 96.9 cm³/mol. The fraction of sp³-hybridized carbons (Fsp3) is 0.286. The Hall–Kier alpha value is -2.50. The van der Waals surface area contributed by atoms with Crippen LogP contribution < -0.4 is 0 Å². The van der Waals surface area contributed by atoms with Gasteiger partial charge in [-0.05, 0) is 24.1 Å². The van der Waals surface area contributed by atoms with Crippen molar-refractivity contribution in [3.05, 3.63) is 77.3 Å².